The zero-order chi connectivity index (χ0) is 13.4. The molecule has 1 unspecified atom stereocenters. The van der Waals surface area contributed by atoms with Gasteiger partial charge < -0.3 is 4.90 Å². The molecule has 2 aromatic rings. The summed E-state index contributed by atoms with van der Waals surface area (Å²) < 4.78 is 13.1. The van der Waals surface area contributed by atoms with Crippen molar-refractivity contribution in [3.8, 4) is 0 Å². The van der Waals surface area contributed by atoms with E-state index in [-0.39, 0.29) is 11.9 Å². The molecule has 0 N–H and O–H groups in total. The Bertz CT molecular complexity index is 625. The standard InChI is InChI=1S/C14H13FN2OS/c1-9-11-4-7-19-12(11)3-6-17(9)14(18)10-2-5-16-13(15)8-10/h2,4-5,7-9H,3,6H2,1H3. The maximum absolute atomic E-state index is 13.1. The Labute approximate surface area is 114 Å². The van der Waals surface area contributed by atoms with E-state index in [1.807, 2.05) is 6.92 Å². The van der Waals surface area contributed by atoms with Gasteiger partial charge in [-0.1, -0.05) is 0 Å². The van der Waals surface area contributed by atoms with Gasteiger partial charge in [0.1, 0.15) is 0 Å². The first-order chi connectivity index (χ1) is 9.16. The van der Waals surface area contributed by atoms with E-state index >= 15 is 0 Å². The third kappa shape index (κ3) is 2.14. The van der Waals surface area contributed by atoms with Gasteiger partial charge in [0.15, 0.2) is 0 Å². The lowest BCUT2D eigenvalue weighted by Gasteiger charge is -2.33. The number of nitrogens with zero attached hydrogens (tertiary/aromatic N) is 2. The van der Waals surface area contributed by atoms with Crippen molar-refractivity contribution in [2.45, 2.75) is 19.4 Å². The molecule has 0 fully saturated rings. The maximum atomic E-state index is 13.1. The topological polar surface area (TPSA) is 33.2 Å². The van der Waals surface area contributed by atoms with E-state index in [1.165, 1.54) is 22.7 Å². The molecule has 0 bridgehead atoms. The fraction of sp³-hybridized carbons (Fsp3) is 0.286. The van der Waals surface area contributed by atoms with E-state index in [2.05, 4.69) is 16.4 Å². The van der Waals surface area contributed by atoms with Crippen LogP contribution in [0.4, 0.5) is 4.39 Å². The second-order valence-corrected chi connectivity index (χ2v) is 5.59. The van der Waals surface area contributed by atoms with Crippen molar-refractivity contribution >= 4 is 17.2 Å². The largest absolute Gasteiger partial charge is 0.331 e. The average molecular weight is 276 g/mol. The molecule has 3 rings (SSSR count). The number of rotatable bonds is 1. The fourth-order valence-corrected chi connectivity index (χ4v) is 3.45. The number of fused-ring (bicyclic) bond motifs is 1. The van der Waals surface area contributed by atoms with Crippen LogP contribution in [0.5, 0.6) is 0 Å². The summed E-state index contributed by atoms with van der Waals surface area (Å²) in [5, 5.41) is 2.06. The molecule has 1 amide bonds. The fourth-order valence-electron chi connectivity index (χ4n) is 2.49. The van der Waals surface area contributed by atoms with Crippen LogP contribution in [0.3, 0.4) is 0 Å². The zero-order valence-electron chi connectivity index (χ0n) is 10.5. The molecule has 19 heavy (non-hydrogen) atoms. The molecule has 3 heterocycles. The van der Waals surface area contributed by atoms with Crippen molar-refractivity contribution in [2.24, 2.45) is 0 Å². The van der Waals surface area contributed by atoms with Crippen LogP contribution in [0, 0.1) is 5.95 Å². The first-order valence-electron chi connectivity index (χ1n) is 6.15. The van der Waals surface area contributed by atoms with E-state index in [0.717, 1.165) is 6.42 Å². The molecule has 98 valence electrons. The molecule has 5 heteroatoms. The molecule has 1 aliphatic heterocycles. The molecule has 0 saturated carbocycles. The lowest BCUT2D eigenvalue weighted by Crippen LogP contribution is -2.38. The highest BCUT2D eigenvalue weighted by Gasteiger charge is 2.29. The monoisotopic (exact) mass is 276 g/mol. The minimum atomic E-state index is -0.619. The van der Waals surface area contributed by atoms with Crippen LogP contribution in [0.15, 0.2) is 29.8 Å². The molecular weight excluding hydrogens is 263 g/mol. The van der Waals surface area contributed by atoms with Gasteiger partial charge in [-0.05, 0) is 36.4 Å². The summed E-state index contributed by atoms with van der Waals surface area (Å²) in [6.07, 6.45) is 2.20. The van der Waals surface area contributed by atoms with Crippen molar-refractivity contribution < 1.29 is 9.18 Å². The molecule has 0 aromatic carbocycles. The summed E-state index contributed by atoms with van der Waals surface area (Å²) in [5.74, 6) is -0.752. The van der Waals surface area contributed by atoms with E-state index < -0.39 is 5.95 Å². The number of carbonyl (C=O) groups excluding carboxylic acids is 1. The van der Waals surface area contributed by atoms with Gasteiger partial charge in [0.25, 0.3) is 5.91 Å². The Balaban J connectivity index is 1.90. The molecule has 0 spiro atoms. The van der Waals surface area contributed by atoms with Gasteiger partial charge in [0.05, 0.1) is 6.04 Å². The minimum absolute atomic E-state index is 0.0405. The van der Waals surface area contributed by atoms with Crippen molar-refractivity contribution in [3.63, 3.8) is 0 Å². The SMILES string of the molecule is CC1c2ccsc2CCN1C(=O)c1ccnc(F)c1. The second kappa shape index (κ2) is 4.74. The van der Waals surface area contributed by atoms with Crippen molar-refractivity contribution in [2.75, 3.05) is 6.54 Å². The van der Waals surface area contributed by atoms with Crippen molar-refractivity contribution in [1.29, 1.82) is 0 Å². The number of thiophene rings is 1. The van der Waals surface area contributed by atoms with Gasteiger partial charge in [0, 0.05) is 29.2 Å². The van der Waals surface area contributed by atoms with Gasteiger partial charge in [0.2, 0.25) is 5.95 Å². The zero-order valence-corrected chi connectivity index (χ0v) is 11.3. The maximum Gasteiger partial charge on any atom is 0.254 e. The number of hydrogen-bond donors (Lipinski definition) is 0. The van der Waals surface area contributed by atoms with E-state index in [1.54, 1.807) is 22.3 Å². The summed E-state index contributed by atoms with van der Waals surface area (Å²) >= 11 is 1.73. The van der Waals surface area contributed by atoms with Gasteiger partial charge in [-0.25, -0.2) is 4.98 Å². The third-order valence-electron chi connectivity index (χ3n) is 3.51. The predicted molar refractivity (Wildman–Crippen MR) is 71.7 cm³/mol. The average Bonchev–Trinajstić information content (AvgIpc) is 2.88. The summed E-state index contributed by atoms with van der Waals surface area (Å²) in [6.45, 7) is 2.69. The van der Waals surface area contributed by atoms with Gasteiger partial charge in [-0.15, -0.1) is 11.3 Å². The Morgan fingerprint density at radius 2 is 2.37 bits per heavy atom. The summed E-state index contributed by atoms with van der Waals surface area (Å²) in [6, 6.07) is 4.86. The number of amides is 1. The third-order valence-corrected chi connectivity index (χ3v) is 4.51. The van der Waals surface area contributed by atoms with Gasteiger partial charge >= 0.3 is 0 Å². The van der Waals surface area contributed by atoms with Crippen LogP contribution in [-0.4, -0.2) is 22.3 Å². The van der Waals surface area contributed by atoms with E-state index in [0.29, 0.717) is 12.1 Å². The van der Waals surface area contributed by atoms with Crippen molar-refractivity contribution in [3.05, 3.63) is 51.7 Å². The number of aromatic nitrogens is 1. The molecule has 1 atom stereocenters. The molecular formula is C14H13FN2OS. The molecule has 1 aliphatic rings. The lowest BCUT2D eigenvalue weighted by atomic mass is 10.0. The van der Waals surface area contributed by atoms with Crippen LogP contribution in [0.25, 0.3) is 0 Å². The Hall–Kier alpha value is -1.75. The predicted octanol–water partition coefficient (Wildman–Crippen LogP) is 3.04. The number of halogens is 1. The smallest absolute Gasteiger partial charge is 0.254 e. The van der Waals surface area contributed by atoms with Gasteiger partial charge in [-0.2, -0.15) is 4.39 Å². The summed E-state index contributed by atoms with van der Waals surface area (Å²) in [7, 11) is 0. The number of pyridine rings is 1. The first kappa shape index (κ1) is 12.3. The number of carbonyl (C=O) groups is 1. The molecule has 0 radical (unpaired) electrons. The Morgan fingerprint density at radius 3 is 3.16 bits per heavy atom. The molecule has 3 nitrogen and oxygen atoms in total. The lowest BCUT2D eigenvalue weighted by molar-refractivity contribution is 0.0678. The highest BCUT2D eigenvalue weighted by Crippen LogP contribution is 2.33. The van der Waals surface area contributed by atoms with Crippen LogP contribution >= 0.6 is 11.3 Å². The minimum Gasteiger partial charge on any atom is -0.331 e. The molecule has 0 aliphatic carbocycles. The summed E-state index contributed by atoms with van der Waals surface area (Å²) in [5.41, 5.74) is 1.57. The van der Waals surface area contributed by atoms with Gasteiger partial charge in [-0.3, -0.25) is 4.79 Å². The van der Waals surface area contributed by atoms with E-state index in [4.69, 9.17) is 0 Å². The Kier molecular flexibility index (Phi) is 3.06. The highest BCUT2D eigenvalue weighted by atomic mass is 32.1. The van der Waals surface area contributed by atoms with Crippen LogP contribution in [-0.2, 0) is 6.42 Å². The molecule has 2 aromatic heterocycles. The highest BCUT2D eigenvalue weighted by molar-refractivity contribution is 7.10. The quantitative estimate of drug-likeness (QED) is 0.750. The van der Waals surface area contributed by atoms with Crippen LogP contribution < -0.4 is 0 Å². The van der Waals surface area contributed by atoms with Crippen LogP contribution in [0.1, 0.15) is 33.8 Å². The van der Waals surface area contributed by atoms with Crippen LogP contribution in [0.2, 0.25) is 0 Å². The summed E-state index contributed by atoms with van der Waals surface area (Å²) in [4.78, 5) is 19.0. The normalized spacial score (nSPS) is 18.2. The van der Waals surface area contributed by atoms with Crippen molar-refractivity contribution in [1.82, 2.24) is 9.88 Å². The molecule has 0 saturated heterocycles. The first-order valence-corrected chi connectivity index (χ1v) is 7.03. The Morgan fingerprint density at radius 1 is 1.53 bits per heavy atom. The number of hydrogen-bond acceptors (Lipinski definition) is 3. The van der Waals surface area contributed by atoms with E-state index in [9.17, 15) is 9.18 Å². The second-order valence-electron chi connectivity index (χ2n) is 4.59.